The molecule has 10 heteroatoms. The van der Waals surface area contributed by atoms with Crippen LogP contribution in [0.5, 0.6) is 11.6 Å². The number of aromatic nitrogens is 3. The van der Waals surface area contributed by atoms with Crippen molar-refractivity contribution in [2.24, 2.45) is 0 Å². The number of fused-ring (bicyclic) bond motifs is 2. The van der Waals surface area contributed by atoms with Crippen LogP contribution in [0, 0.1) is 12.7 Å². The van der Waals surface area contributed by atoms with Gasteiger partial charge in [0.1, 0.15) is 6.17 Å². The van der Waals surface area contributed by atoms with Gasteiger partial charge in [-0.25, -0.2) is 13.8 Å². The van der Waals surface area contributed by atoms with Crippen LogP contribution in [0.1, 0.15) is 28.9 Å². The largest absolute Gasteiger partial charge is 0.491 e. The lowest BCUT2D eigenvalue weighted by Crippen LogP contribution is -2.39. The summed E-state index contributed by atoms with van der Waals surface area (Å²) in [7, 11) is 2.80. The van der Waals surface area contributed by atoms with Crippen molar-refractivity contribution in [1.82, 2.24) is 19.4 Å². The number of piperidine rings is 1. The van der Waals surface area contributed by atoms with Crippen LogP contribution in [0.25, 0.3) is 27.5 Å². The third kappa shape index (κ3) is 3.78. The van der Waals surface area contributed by atoms with E-state index in [2.05, 4.69) is 9.97 Å². The Kier molecular flexibility index (Phi) is 5.66. The number of H-pyrrole nitrogens is 1. The summed E-state index contributed by atoms with van der Waals surface area (Å²) < 4.78 is 41.0. The van der Waals surface area contributed by atoms with Gasteiger partial charge in [-0.05, 0) is 38.0 Å². The Balaban J connectivity index is 1.78. The van der Waals surface area contributed by atoms with Crippen LogP contribution < -0.4 is 15.0 Å². The summed E-state index contributed by atoms with van der Waals surface area (Å²) in [5.41, 5.74) is 0.983. The van der Waals surface area contributed by atoms with Gasteiger partial charge in [0.25, 0.3) is 17.3 Å². The maximum Gasteiger partial charge on any atom is 0.264 e. The molecule has 4 heterocycles. The summed E-state index contributed by atoms with van der Waals surface area (Å²) in [4.78, 5) is 36.1. The number of alkyl halides is 1. The van der Waals surface area contributed by atoms with E-state index >= 15 is 4.39 Å². The van der Waals surface area contributed by atoms with Gasteiger partial charge in [-0.3, -0.25) is 14.2 Å². The fourth-order valence-electron chi connectivity index (χ4n) is 4.56. The molecule has 1 amide bonds. The van der Waals surface area contributed by atoms with Crippen molar-refractivity contribution in [2.75, 3.05) is 27.3 Å². The number of pyridine rings is 2. The summed E-state index contributed by atoms with van der Waals surface area (Å²) in [6, 6.07) is 6.25. The van der Waals surface area contributed by atoms with Crippen molar-refractivity contribution in [3.63, 3.8) is 0 Å². The Bertz CT molecular complexity index is 1520. The lowest BCUT2D eigenvalue weighted by Gasteiger charge is -2.29. The quantitative estimate of drug-likeness (QED) is 0.477. The van der Waals surface area contributed by atoms with Crippen LogP contribution >= 0.6 is 0 Å². The van der Waals surface area contributed by atoms with Gasteiger partial charge < -0.3 is 19.4 Å². The molecule has 0 radical (unpaired) electrons. The lowest BCUT2D eigenvalue weighted by molar-refractivity contribution is 0.0668. The zero-order valence-electron chi connectivity index (χ0n) is 19.5. The van der Waals surface area contributed by atoms with Gasteiger partial charge in [-0.15, -0.1) is 0 Å². The smallest absolute Gasteiger partial charge is 0.264 e. The Morgan fingerprint density at radius 1 is 1.14 bits per heavy atom. The van der Waals surface area contributed by atoms with Crippen LogP contribution in [0.15, 0.2) is 35.3 Å². The Morgan fingerprint density at radius 3 is 2.57 bits per heavy atom. The summed E-state index contributed by atoms with van der Waals surface area (Å²) in [5, 5.41) is 0.397. The molecule has 1 fully saturated rings. The van der Waals surface area contributed by atoms with E-state index in [1.54, 1.807) is 12.1 Å². The highest BCUT2D eigenvalue weighted by molar-refractivity contribution is 6.05. The first-order valence-electron chi connectivity index (χ1n) is 11.2. The van der Waals surface area contributed by atoms with Gasteiger partial charge in [-0.2, -0.15) is 0 Å². The normalized spacial score (nSPS) is 14.6. The zero-order chi connectivity index (χ0) is 24.9. The van der Waals surface area contributed by atoms with E-state index in [-0.39, 0.29) is 59.7 Å². The van der Waals surface area contributed by atoms with Crippen molar-refractivity contribution >= 4 is 27.7 Å². The predicted molar refractivity (Wildman–Crippen MR) is 127 cm³/mol. The number of likely N-dealkylation sites (tertiary alicyclic amines) is 1. The molecule has 35 heavy (non-hydrogen) atoms. The van der Waals surface area contributed by atoms with Crippen LogP contribution in [0.4, 0.5) is 8.78 Å². The third-order valence-electron chi connectivity index (χ3n) is 6.38. The minimum Gasteiger partial charge on any atom is -0.491 e. The van der Waals surface area contributed by atoms with Crippen molar-refractivity contribution in [2.45, 2.75) is 25.9 Å². The number of amides is 1. The molecule has 182 valence electrons. The molecule has 0 aliphatic carbocycles. The number of rotatable bonds is 4. The molecule has 5 rings (SSSR count). The van der Waals surface area contributed by atoms with E-state index in [4.69, 9.17) is 9.47 Å². The first-order chi connectivity index (χ1) is 16.8. The monoisotopic (exact) mass is 482 g/mol. The highest BCUT2D eigenvalue weighted by Gasteiger charge is 2.28. The van der Waals surface area contributed by atoms with E-state index in [0.29, 0.717) is 10.9 Å². The highest BCUT2D eigenvalue weighted by Crippen LogP contribution is 2.31. The van der Waals surface area contributed by atoms with Crippen LogP contribution in [0.2, 0.25) is 0 Å². The second kappa shape index (κ2) is 8.68. The SMILES string of the molecule is COc1cc2c(=O)n(-c3ccc4[nH]c(C)cc4c3F)cc(C(=O)N3CCC(F)CC3)c2nc1OC. The first-order valence-corrected chi connectivity index (χ1v) is 11.2. The third-order valence-corrected chi connectivity index (χ3v) is 6.38. The summed E-state index contributed by atoms with van der Waals surface area (Å²) in [6.45, 7) is 2.28. The number of nitrogens with one attached hydrogen (secondary N) is 1. The standard InChI is InChI=1S/C25H24F2N4O4/c1-13-10-15-18(28-13)4-5-19(21(15)27)31-12-17(24(32)30-8-6-14(26)7-9-30)22-16(25(31)33)11-20(34-2)23(29-22)35-3/h4-5,10-12,14,28H,6-9H2,1-3H3. The Morgan fingerprint density at radius 2 is 1.89 bits per heavy atom. The molecule has 1 aliphatic rings. The van der Waals surface area contributed by atoms with Gasteiger partial charge in [0.2, 0.25) is 0 Å². The average Bonchev–Trinajstić information content (AvgIpc) is 3.25. The summed E-state index contributed by atoms with van der Waals surface area (Å²) in [5.74, 6) is -0.722. The number of ether oxygens (including phenoxy) is 2. The van der Waals surface area contributed by atoms with E-state index < -0.39 is 23.5 Å². The second-order valence-corrected chi connectivity index (χ2v) is 8.59. The lowest BCUT2D eigenvalue weighted by atomic mass is 10.1. The summed E-state index contributed by atoms with van der Waals surface area (Å²) >= 11 is 0. The first kappa shape index (κ1) is 22.8. The number of hydrogen-bond acceptors (Lipinski definition) is 5. The minimum absolute atomic E-state index is 0.00491. The molecule has 0 atom stereocenters. The van der Waals surface area contributed by atoms with Crippen molar-refractivity contribution in [1.29, 1.82) is 0 Å². The maximum absolute atomic E-state index is 15.6. The number of aryl methyl sites for hydroxylation is 1. The fourth-order valence-corrected chi connectivity index (χ4v) is 4.56. The molecular formula is C25H24F2N4O4. The van der Waals surface area contributed by atoms with Crippen molar-refractivity contribution < 1.29 is 23.0 Å². The number of benzene rings is 1. The molecule has 4 aromatic rings. The average molecular weight is 482 g/mol. The number of methoxy groups -OCH3 is 2. The fraction of sp³-hybridized carbons (Fsp3) is 0.320. The van der Waals surface area contributed by atoms with Gasteiger partial charge >= 0.3 is 0 Å². The Labute approximate surface area is 199 Å². The molecule has 1 N–H and O–H groups in total. The number of nitrogens with zero attached hydrogens (tertiary/aromatic N) is 3. The molecule has 1 aromatic carbocycles. The molecule has 1 saturated heterocycles. The van der Waals surface area contributed by atoms with Gasteiger partial charge in [-0.1, -0.05) is 0 Å². The maximum atomic E-state index is 15.6. The number of carbonyl (C=O) groups excluding carboxylic acids is 1. The van der Waals surface area contributed by atoms with Crippen LogP contribution in [-0.4, -0.2) is 58.8 Å². The number of halogens is 2. The van der Waals surface area contributed by atoms with Crippen LogP contribution in [-0.2, 0) is 0 Å². The van der Waals surface area contributed by atoms with Crippen molar-refractivity contribution in [3.8, 4) is 17.3 Å². The second-order valence-electron chi connectivity index (χ2n) is 8.59. The van der Waals surface area contributed by atoms with E-state index in [9.17, 15) is 14.0 Å². The van der Waals surface area contributed by atoms with E-state index in [1.807, 2.05) is 6.92 Å². The number of hydrogen-bond donors (Lipinski definition) is 1. The molecule has 1 aliphatic heterocycles. The molecule has 0 unspecified atom stereocenters. The summed E-state index contributed by atoms with van der Waals surface area (Å²) in [6.07, 6.45) is 0.799. The van der Waals surface area contributed by atoms with Gasteiger partial charge in [0, 0.05) is 41.9 Å². The zero-order valence-corrected chi connectivity index (χ0v) is 19.5. The van der Waals surface area contributed by atoms with Crippen molar-refractivity contribution in [3.05, 3.63) is 57.9 Å². The molecule has 0 spiro atoms. The minimum atomic E-state index is -0.960. The molecule has 0 bridgehead atoms. The number of carbonyl (C=O) groups is 1. The van der Waals surface area contributed by atoms with Crippen LogP contribution in [0.3, 0.4) is 0 Å². The van der Waals surface area contributed by atoms with E-state index in [1.165, 1.54) is 37.4 Å². The molecule has 8 nitrogen and oxygen atoms in total. The van der Waals surface area contributed by atoms with Gasteiger partial charge in [0.05, 0.1) is 36.4 Å². The predicted octanol–water partition coefficient (Wildman–Crippen LogP) is 3.91. The van der Waals surface area contributed by atoms with E-state index in [0.717, 1.165) is 10.3 Å². The molecule has 3 aromatic heterocycles. The number of aromatic amines is 1. The molecule has 0 saturated carbocycles. The topological polar surface area (TPSA) is 89.5 Å². The Hall–Kier alpha value is -3.95. The molecular weight excluding hydrogens is 458 g/mol. The highest BCUT2D eigenvalue weighted by atomic mass is 19.1. The van der Waals surface area contributed by atoms with Gasteiger partial charge in [0.15, 0.2) is 11.6 Å².